The number of hydrogen-bond donors (Lipinski definition) is 2. The smallest absolute Gasteiger partial charge is 0.342 e. The van der Waals surface area contributed by atoms with E-state index < -0.39 is 5.97 Å². The largest absolute Gasteiger partial charge is 0.507 e. The van der Waals surface area contributed by atoms with Crippen molar-refractivity contribution in [2.45, 2.75) is 38.6 Å². The number of halogens is 1. The molecule has 2 N–H and O–H groups in total. The molecule has 6 heteroatoms. The molecule has 0 radical (unpaired) electrons. The molecule has 1 amide bonds. The third-order valence-corrected chi connectivity index (χ3v) is 6.01. The van der Waals surface area contributed by atoms with Gasteiger partial charge in [0.25, 0.3) is 5.91 Å². The molecule has 5 nitrogen and oxygen atoms in total. The second-order valence-corrected chi connectivity index (χ2v) is 8.18. The second-order valence-electron chi connectivity index (χ2n) is 6.93. The highest BCUT2D eigenvalue weighted by Crippen LogP contribution is 2.49. The lowest BCUT2D eigenvalue weighted by Crippen LogP contribution is -2.42. The topological polar surface area (TPSA) is 75.6 Å². The molecule has 2 fully saturated rings. The van der Waals surface area contributed by atoms with Crippen LogP contribution in [0.2, 0.25) is 0 Å². The first-order chi connectivity index (χ1) is 11.4. The zero-order valence-electron chi connectivity index (χ0n) is 13.6. The Labute approximate surface area is 155 Å². The Morgan fingerprint density at radius 2 is 2.17 bits per heavy atom. The van der Waals surface area contributed by atoms with Gasteiger partial charge < -0.3 is 15.2 Å². The lowest BCUT2D eigenvalue weighted by atomic mass is 9.84. The van der Waals surface area contributed by atoms with Gasteiger partial charge in [-0.25, -0.2) is 4.79 Å². The number of phenolic OH excluding ortho intramolecular Hbond substituents is 1. The van der Waals surface area contributed by atoms with Crippen LogP contribution in [0.3, 0.4) is 0 Å². The normalized spacial score (nSPS) is 26.2. The molecule has 0 aliphatic heterocycles. The molecule has 1 aromatic carbocycles. The Balaban J connectivity index is 1.48. The summed E-state index contributed by atoms with van der Waals surface area (Å²) in [7, 11) is 0. The Kier molecular flexibility index (Phi) is 5.32. The van der Waals surface area contributed by atoms with Crippen LogP contribution in [0.25, 0.3) is 0 Å². The maximum absolute atomic E-state index is 12.1. The van der Waals surface area contributed by atoms with Crippen LogP contribution in [-0.2, 0) is 9.53 Å². The van der Waals surface area contributed by atoms with Gasteiger partial charge in [0, 0.05) is 9.61 Å². The molecule has 0 saturated heterocycles. The third-order valence-electron chi connectivity index (χ3n) is 5.34. The Morgan fingerprint density at radius 1 is 1.38 bits per heavy atom. The first kappa shape index (κ1) is 17.5. The van der Waals surface area contributed by atoms with Crippen LogP contribution in [0.5, 0.6) is 5.75 Å². The first-order valence-corrected chi connectivity index (χ1v) is 9.47. The van der Waals surface area contributed by atoms with Crippen molar-refractivity contribution in [2.24, 2.45) is 17.8 Å². The van der Waals surface area contributed by atoms with Crippen LogP contribution in [-0.4, -0.2) is 29.6 Å². The molecule has 0 unspecified atom stereocenters. The van der Waals surface area contributed by atoms with E-state index in [0.717, 1.165) is 15.4 Å². The lowest BCUT2D eigenvalue weighted by molar-refractivity contribution is -0.125. The van der Waals surface area contributed by atoms with E-state index >= 15 is 0 Å². The molecule has 2 saturated carbocycles. The van der Waals surface area contributed by atoms with Crippen LogP contribution in [0.4, 0.5) is 0 Å². The van der Waals surface area contributed by atoms with Crippen molar-refractivity contribution in [3.05, 3.63) is 27.3 Å². The number of phenols is 1. The average Bonchev–Trinajstić information content (AvgIpc) is 3.18. The first-order valence-electron chi connectivity index (χ1n) is 8.39. The van der Waals surface area contributed by atoms with Gasteiger partial charge in [0.1, 0.15) is 11.3 Å². The number of carbonyl (C=O) groups excluding carboxylic acids is 2. The number of benzene rings is 1. The monoisotopic (exact) mass is 443 g/mol. The number of amides is 1. The van der Waals surface area contributed by atoms with E-state index in [1.165, 1.54) is 37.8 Å². The third kappa shape index (κ3) is 3.84. The molecule has 3 rings (SSSR count). The zero-order valence-corrected chi connectivity index (χ0v) is 15.8. The van der Waals surface area contributed by atoms with Crippen molar-refractivity contribution >= 4 is 34.5 Å². The minimum Gasteiger partial charge on any atom is -0.507 e. The van der Waals surface area contributed by atoms with E-state index in [9.17, 15) is 14.7 Å². The van der Waals surface area contributed by atoms with Gasteiger partial charge in [0.05, 0.1) is 0 Å². The Morgan fingerprint density at radius 3 is 2.83 bits per heavy atom. The summed E-state index contributed by atoms with van der Waals surface area (Å²) in [6.45, 7) is 1.71. The van der Waals surface area contributed by atoms with Crippen LogP contribution in [0, 0.1) is 21.3 Å². The zero-order chi connectivity index (χ0) is 17.3. The molecule has 0 aromatic heterocycles. The minimum absolute atomic E-state index is 0.0795. The van der Waals surface area contributed by atoms with Crippen molar-refractivity contribution < 1.29 is 19.4 Å². The van der Waals surface area contributed by atoms with E-state index in [0.29, 0.717) is 5.92 Å². The summed E-state index contributed by atoms with van der Waals surface area (Å²) < 4.78 is 5.85. The maximum atomic E-state index is 12.1. The highest BCUT2D eigenvalue weighted by Gasteiger charge is 2.42. The van der Waals surface area contributed by atoms with Crippen LogP contribution in [0.15, 0.2) is 18.2 Å². The number of fused-ring (bicyclic) bond motifs is 2. The number of carbonyl (C=O) groups is 2. The molecule has 0 heterocycles. The molecule has 1 aromatic rings. The Hall–Kier alpha value is -1.31. The molecule has 24 heavy (non-hydrogen) atoms. The lowest BCUT2D eigenvalue weighted by Gasteiger charge is -2.28. The minimum atomic E-state index is -0.686. The summed E-state index contributed by atoms with van der Waals surface area (Å²) in [5, 5.41) is 12.7. The van der Waals surface area contributed by atoms with Gasteiger partial charge in [-0.05, 0) is 84.7 Å². The van der Waals surface area contributed by atoms with Gasteiger partial charge in [0.2, 0.25) is 0 Å². The molecule has 130 valence electrons. The van der Waals surface area contributed by atoms with E-state index in [4.69, 9.17) is 4.74 Å². The van der Waals surface area contributed by atoms with E-state index in [-0.39, 0.29) is 29.9 Å². The van der Waals surface area contributed by atoms with Gasteiger partial charge in [0.15, 0.2) is 6.61 Å². The van der Waals surface area contributed by atoms with Crippen molar-refractivity contribution in [1.82, 2.24) is 5.32 Å². The van der Waals surface area contributed by atoms with E-state index in [1.807, 2.05) is 29.5 Å². The molecule has 2 aliphatic rings. The average molecular weight is 443 g/mol. The number of aromatic hydroxyl groups is 1. The van der Waals surface area contributed by atoms with E-state index in [2.05, 4.69) is 5.32 Å². The number of esters is 1. The molecule has 0 spiro atoms. The van der Waals surface area contributed by atoms with Crippen LogP contribution < -0.4 is 5.32 Å². The van der Waals surface area contributed by atoms with Gasteiger partial charge in [-0.1, -0.05) is 6.42 Å². The van der Waals surface area contributed by atoms with Crippen molar-refractivity contribution in [3.63, 3.8) is 0 Å². The SMILES string of the molecule is C[C@H](NC(=O)COC(=O)c1cc(I)ccc1O)[C@@H]1C[C@H]2CC[C@H]1C2. The Bertz CT molecular complexity index is 648. The van der Waals surface area contributed by atoms with Crippen LogP contribution >= 0.6 is 22.6 Å². The predicted molar refractivity (Wildman–Crippen MR) is 97.6 cm³/mol. The molecular formula is C18H22INO4. The summed E-state index contributed by atoms with van der Waals surface area (Å²) >= 11 is 2.05. The fraction of sp³-hybridized carbons (Fsp3) is 0.556. The quantitative estimate of drug-likeness (QED) is 0.542. The number of ether oxygens (including phenoxy) is 1. The molecule has 2 bridgehead atoms. The van der Waals surface area contributed by atoms with Gasteiger partial charge in [-0.3, -0.25) is 4.79 Å². The van der Waals surface area contributed by atoms with E-state index in [1.54, 1.807) is 6.07 Å². The highest BCUT2D eigenvalue weighted by molar-refractivity contribution is 14.1. The summed E-state index contributed by atoms with van der Waals surface area (Å²) in [5.74, 6) is 0.994. The standard InChI is InChI=1S/C18H22INO4/c1-10(14-7-11-2-3-12(14)6-11)20-17(22)9-24-18(23)15-8-13(19)4-5-16(15)21/h4-5,8,10-12,14,21H,2-3,6-7,9H2,1H3,(H,20,22)/t10-,11-,12-,14-/m0/s1. The van der Waals surface area contributed by atoms with Crippen molar-refractivity contribution in [3.8, 4) is 5.75 Å². The fourth-order valence-electron chi connectivity index (χ4n) is 4.19. The highest BCUT2D eigenvalue weighted by atomic mass is 127. The number of hydrogen-bond acceptors (Lipinski definition) is 4. The molecule has 4 atom stereocenters. The molecule has 2 aliphatic carbocycles. The van der Waals surface area contributed by atoms with Gasteiger partial charge >= 0.3 is 5.97 Å². The fourth-order valence-corrected chi connectivity index (χ4v) is 4.68. The van der Waals surface area contributed by atoms with Crippen molar-refractivity contribution in [2.75, 3.05) is 6.61 Å². The maximum Gasteiger partial charge on any atom is 0.342 e. The summed E-state index contributed by atoms with van der Waals surface area (Å²) in [6, 6.07) is 4.78. The number of nitrogens with one attached hydrogen (secondary N) is 1. The van der Waals surface area contributed by atoms with Crippen LogP contribution in [0.1, 0.15) is 43.0 Å². The van der Waals surface area contributed by atoms with Crippen molar-refractivity contribution in [1.29, 1.82) is 0 Å². The summed E-state index contributed by atoms with van der Waals surface area (Å²) in [5.41, 5.74) is 0.0795. The van der Waals surface area contributed by atoms with Gasteiger partial charge in [-0.15, -0.1) is 0 Å². The summed E-state index contributed by atoms with van der Waals surface area (Å²) in [4.78, 5) is 24.1. The molecular weight excluding hydrogens is 421 g/mol. The predicted octanol–water partition coefficient (Wildman–Crippen LogP) is 3.09. The summed E-state index contributed by atoms with van der Waals surface area (Å²) in [6.07, 6.45) is 5.10. The second kappa shape index (κ2) is 7.29. The number of rotatable bonds is 5. The van der Waals surface area contributed by atoms with Gasteiger partial charge in [-0.2, -0.15) is 0 Å².